The summed E-state index contributed by atoms with van der Waals surface area (Å²) in [6.45, 7) is 4.72. The van der Waals surface area contributed by atoms with Gasteiger partial charge in [-0.1, -0.05) is 123 Å². The predicted octanol–water partition coefficient (Wildman–Crippen LogP) is 14.1. The van der Waals surface area contributed by atoms with E-state index in [1.165, 1.54) is 64.9 Å². The monoisotopic (exact) mass is 939 g/mol. The van der Waals surface area contributed by atoms with Gasteiger partial charge >= 0.3 is 0 Å². The Bertz CT molecular complexity index is 3090. The van der Waals surface area contributed by atoms with Crippen LogP contribution in [0.5, 0.6) is 0 Å². The molecule has 0 unspecified atom stereocenters. The number of fused-ring (bicyclic) bond motifs is 6. The van der Waals surface area contributed by atoms with Gasteiger partial charge in [0.05, 0.1) is 28.1 Å². The van der Waals surface area contributed by atoms with Gasteiger partial charge in [0.1, 0.15) is 0 Å². The maximum absolute atomic E-state index is 5.24. The zero-order chi connectivity index (χ0) is 38.1. The Kier molecular flexibility index (Phi) is 8.91. The van der Waals surface area contributed by atoms with Crippen LogP contribution in [0.25, 0.3) is 93.3 Å². The Morgan fingerprint density at radius 2 is 1.17 bits per heavy atom. The average molecular weight is 939 g/mol. The summed E-state index contributed by atoms with van der Waals surface area (Å²) in [6.07, 6.45) is 1.83. The molecule has 0 atom stereocenters. The topological polar surface area (TPSA) is 30.7 Å². The second-order valence-corrected chi connectivity index (χ2v) is 16.4. The van der Waals surface area contributed by atoms with Gasteiger partial charge < -0.3 is 9.55 Å². The molecule has 1 aliphatic rings. The summed E-state index contributed by atoms with van der Waals surface area (Å²) in [6, 6.07) is 66.6. The summed E-state index contributed by atoms with van der Waals surface area (Å²) in [5.41, 5.74) is 17.1. The second kappa shape index (κ2) is 14.3. The maximum Gasteiger partial charge on any atom is 0.0730 e. The van der Waals surface area contributed by atoms with Crippen LogP contribution in [0.15, 0.2) is 182 Å². The molecule has 4 aromatic heterocycles. The van der Waals surface area contributed by atoms with E-state index >= 15 is 0 Å². The van der Waals surface area contributed by atoms with Crippen LogP contribution >= 0.6 is 11.3 Å². The van der Waals surface area contributed by atoms with Crippen molar-refractivity contribution in [3.8, 4) is 71.5 Å². The summed E-state index contributed by atoms with van der Waals surface area (Å²) in [5, 5.41) is 2.47. The Morgan fingerprint density at radius 1 is 0.517 bits per heavy atom. The van der Waals surface area contributed by atoms with Crippen LogP contribution < -0.4 is 0 Å². The number of nitrogens with zero attached hydrogens (tertiary/aromatic N) is 3. The first kappa shape index (κ1) is 36.1. The number of hydrogen-bond donors (Lipinski definition) is 0. The normalized spacial score (nSPS) is 12.7. The van der Waals surface area contributed by atoms with Gasteiger partial charge in [-0.2, -0.15) is 0 Å². The number of thiophene rings is 1. The van der Waals surface area contributed by atoms with Crippen LogP contribution in [-0.4, -0.2) is 14.5 Å². The Balaban J connectivity index is 0.00000408. The summed E-state index contributed by atoms with van der Waals surface area (Å²) < 4.78 is 2.47. The third-order valence-corrected chi connectivity index (χ3v) is 12.8. The molecule has 0 amide bonds. The Morgan fingerprint density at radius 3 is 1.88 bits per heavy atom. The van der Waals surface area contributed by atoms with E-state index in [0.29, 0.717) is 0 Å². The minimum absolute atomic E-state index is 0. The van der Waals surface area contributed by atoms with Crippen LogP contribution in [0.1, 0.15) is 25.0 Å². The SMILES string of the molecule is CC1(C)c2ccccc2-c2cc3c4cc(-c5ccc(-c6cc[c-]c(-c7ccccn7)c6)s5)ccc4n(-c4cc(-c5ccccc5)nc(-c5ccccc5)c4)c3cc21.[Ir]. The molecule has 0 fully saturated rings. The van der Waals surface area contributed by atoms with Gasteiger partial charge in [-0.25, -0.2) is 4.98 Å². The number of pyridine rings is 2. The molecule has 1 aliphatic carbocycles. The molecule has 6 aromatic carbocycles. The van der Waals surface area contributed by atoms with E-state index in [-0.39, 0.29) is 25.5 Å². The minimum atomic E-state index is -0.131. The van der Waals surface area contributed by atoms with E-state index in [4.69, 9.17) is 4.98 Å². The molecular weight excluding hydrogens is 903 g/mol. The second-order valence-electron chi connectivity index (χ2n) is 15.4. The molecule has 5 heteroatoms. The molecule has 0 N–H and O–H groups in total. The molecule has 10 aromatic rings. The molecule has 0 bridgehead atoms. The first-order valence-electron chi connectivity index (χ1n) is 19.4. The van der Waals surface area contributed by atoms with Crippen LogP contribution in [0.3, 0.4) is 0 Å². The molecule has 0 saturated carbocycles. The summed E-state index contributed by atoms with van der Waals surface area (Å²) in [5.74, 6) is 0. The van der Waals surface area contributed by atoms with Gasteiger partial charge in [0.2, 0.25) is 0 Å². The van der Waals surface area contributed by atoms with E-state index in [1.807, 2.05) is 41.8 Å². The molecule has 279 valence electrons. The summed E-state index contributed by atoms with van der Waals surface area (Å²) in [4.78, 5) is 12.2. The van der Waals surface area contributed by atoms with Crippen LogP contribution in [-0.2, 0) is 25.5 Å². The molecule has 4 heterocycles. The third-order valence-electron chi connectivity index (χ3n) is 11.6. The van der Waals surface area contributed by atoms with Crippen molar-refractivity contribution in [2.45, 2.75) is 19.3 Å². The van der Waals surface area contributed by atoms with Crippen molar-refractivity contribution < 1.29 is 20.1 Å². The number of hydrogen-bond acceptors (Lipinski definition) is 3. The largest absolute Gasteiger partial charge is 0.309 e. The van der Waals surface area contributed by atoms with Crippen molar-refractivity contribution in [3.05, 3.63) is 199 Å². The van der Waals surface area contributed by atoms with Crippen LogP contribution in [0.2, 0.25) is 0 Å². The van der Waals surface area contributed by atoms with Gasteiger partial charge in [0, 0.05) is 63.4 Å². The molecule has 11 rings (SSSR count). The van der Waals surface area contributed by atoms with Gasteiger partial charge in [-0.05, 0) is 88.1 Å². The number of rotatable bonds is 6. The molecular formula is C53H36IrN3S-. The van der Waals surface area contributed by atoms with Crippen molar-refractivity contribution in [3.63, 3.8) is 0 Å². The van der Waals surface area contributed by atoms with Crippen LogP contribution in [0.4, 0.5) is 0 Å². The first-order chi connectivity index (χ1) is 28.0. The van der Waals surface area contributed by atoms with Gasteiger partial charge in [-0.15, -0.1) is 41.2 Å². The van der Waals surface area contributed by atoms with Crippen molar-refractivity contribution in [1.29, 1.82) is 0 Å². The van der Waals surface area contributed by atoms with Gasteiger partial charge in [0.25, 0.3) is 0 Å². The van der Waals surface area contributed by atoms with Gasteiger partial charge in [-0.3, -0.25) is 0 Å². The Labute approximate surface area is 355 Å². The molecule has 58 heavy (non-hydrogen) atoms. The quantitative estimate of drug-likeness (QED) is 0.156. The molecule has 3 nitrogen and oxygen atoms in total. The molecule has 0 aliphatic heterocycles. The standard InChI is InChI=1S/C53H36N3S.Ir/c1-53(2)44-21-10-9-20-40(44)41-32-43-42-29-38(52-26-25-51(57-52)37-19-13-18-36(28-37)46-22-11-12-27-54-46)23-24-49(42)56(50(43)33-45(41)53)39-30-47(34-14-5-3-6-15-34)55-48(31-39)35-16-7-4-8-17-35;/h3-17,19-33H,1-2H3;/q-1;. The van der Waals surface area contributed by atoms with E-state index in [2.05, 4.69) is 181 Å². The van der Waals surface area contributed by atoms with Crippen LogP contribution in [0, 0.1) is 6.07 Å². The van der Waals surface area contributed by atoms with Crippen molar-refractivity contribution in [2.75, 3.05) is 0 Å². The number of aromatic nitrogens is 3. The molecule has 1 radical (unpaired) electrons. The summed E-state index contributed by atoms with van der Waals surface area (Å²) >= 11 is 1.82. The van der Waals surface area contributed by atoms with E-state index in [9.17, 15) is 0 Å². The molecule has 0 spiro atoms. The fourth-order valence-electron chi connectivity index (χ4n) is 8.74. The molecule has 0 saturated heterocycles. The maximum atomic E-state index is 5.24. The van der Waals surface area contributed by atoms with E-state index in [1.54, 1.807) is 0 Å². The zero-order valence-electron chi connectivity index (χ0n) is 31.9. The summed E-state index contributed by atoms with van der Waals surface area (Å²) in [7, 11) is 0. The average Bonchev–Trinajstić information content (AvgIpc) is 3.95. The zero-order valence-corrected chi connectivity index (χ0v) is 35.1. The van der Waals surface area contributed by atoms with Crippen molar-refractivity contribution >= 4 is 33.1 Å². The smallest absolute Gasteiger partial charge is 0.0730 e. The van der Waals surface area contributed by atoms with E-state index in [0.717, 1.165) is 39.5 Å². The fourth-order valence-corrected chi connectivity index (χ4v) is 9.74. The van der Waals surface area contributed by atoms with Gasteiger partial charge in [0.15, 0.2) is 0 Å². The fraction of sp³-hybridized carbons (Fsp3) is 0.0566. The Hall–Kier alpha value is -6.23. The van der Waals surface area contributed by atoms with Crippen molar-refractivity contribution in [1.82, 2.24) is 14.5 Å². The van der Waals surface area contributed by atoms with E-state index < -0.39 is 0 Å². The van der Waals surface area contributed by atoms with Crippen molar-refractivity contribution in [2.24, 2.45) is 0 Å². The number of benzene rings is 6. The first-order valence-corrected chi connectivity index (χ1v) is 20.2. The third kappa shape index (κ3) is 5.97. The predicted molar refractivity (Wildman–Crippen MR) is 238 cm³/mol. The minimum Gasteiger partial charge on any atom is -0.309 e.